The van der Waals surface area contributed by atoms with Gasteiger partial charge in [-0.3, -0.25) is 0 Å². The van der Waals surface area contributed by atoms with E-state index in [9.17, 15) is 8.42 Å². The molecule has 0 unspecified atom stereocenters. The zero-order valence-corrected chi connectivity index (χ0v) is 13.5. The highest BCUT2D eigenvalue weighted by Crippen LogP contribution is 2.17. The monoisotopic (exact) mass is 319 g/mol. The van der Waals surface area contributed by atoms with Crippen molar-refractivity contribution in [1.29, 1.82) is 0 Å². The van der Waals surface area contributed by atoms with Crippen molar-refractivity contribution in [2.45, 2.75) is 19.4 Å². The van der Waals surface area contributed by atoms with Crippen LogP contribution in [0.25, 0.3) is 0 Å². The van der Waals surface area contributed by atoms with Crippen LogP contribution in [0.5, 0.6) is 5.75 Å². The Bertz CT molecular complexity index is 684. The Balaban J connectivity index is 1.83. The number of hydrogen-bond donors (Lipinski definition) is 1. The molecule has 0 saturated heterocycles. The van der Waals surface area contributed by atoms with Crippen LogP contribution in [-0.2, 0) is 23.0 Å². The van der Waals surface area contributed by atoms with Gasteiger partial charge in [-0.1, -0.05) is 48.5 Å². The number of methoxy groups -OCH3 is 1. The third kappa shape index (κ3) is 5.16. The molecule has 0 spiro atoms. The third-order valence-corrected chi connectivity index (χ3v) is 4.81. The predicted molar refractivity (Wildman–Crippen MR) is 88.4 cm³/mol. The minimum absolute atomic E-state index is 0.122. The fourth-order valence-electron chi connectivity index (χ4n) is 2.22. The highest BCUT2D eigenvalue weighted by molar-refractivity contribution is 7.89. The normalized spacial score (nSPS) is 11.3. The smallest absolute Gasteiger partial charge is 0.211 e. The number of para-hydroxylation sites is 1. The molecule has 22 heavy (non-hydrogen) atoms. The lowest BCUT2D eigenvalue weighted by Gasteiger charge is -2.10. The van der Waals surface area contributed by atoms with Crippen molar-refractivity contribution in [3.05, 3.63) is 65.7 Å². The number of hydrogen-bond acceptors (Lipinski definition) is 3. The predicted octanol–water partition coefficient (Wildman–Crippen LogP) is 2.75. The van der Waals surface area contributed by atoms with E-state index in [2.05, 4.69) is 4.72 Å². The van der Waals surface area contributed by atoms with Crippen molar-refractivity contribution in [3.63, 3.8) is 0 Å². The maximum Gasteiger partial charge on any atom is 0.211 e. The van der Waals surface area contributed by atoms with Crippen LogP contribution in [0.1, 0.15) is 17.5 Å². The molecule has 2 aromatic rings. The molecule has 0 fully saturated rings. The lowest BCUT2D eigenvalue weighted by atomic mass is 10.1. The second-order valence-corrected chi connectivity index (χ2v) is 6.97. The van der Waals surface area contributed by atoms with Crippen LogP contribution in [0, 0.1) is 0 Å². The number of nitrogens with one attached hydrogen (secondary N) is 1. The molecule has 0 aliphatic heterocycles. The number of aryl methyl sites for hydroxylation is 1. The van der Waals surface area contributed by atoms with E-state index < -0.39 is 10.0 Å². The highest BCUT2D eigenvalue weighted by Gasteiger charge is 2.11. The first-order valence-corrected chi connectivity index (χ1v) is 8.89. The van der Waals surface area contributed by atoms with Crippen LogP contribution < -0.4 is 9.46 Å². The largest absolute Gasteiger partial charge is 0.496 e. The number of sulfonamides is 1. The van der Waals surface area contributed by atoms with Crippen LogP contribution in [0.3, 0.4) is 0 Å². The summed E-state index contributed by atoms with van der Waals surface area (Å²) in [7, 11) is -1.70. The van der Waals surface area contributed by atoms with E-state index in [1.165, 1.54) is 0 Å². The van der Waals surface area contributed by atoms with E-state index in [4.69, 9.17) is 4.74 Å². The first kappa shape index (κ1) is 16.5. The summed E-state index contributed by atoms with van der Waals surface area (Å²) >= 11 is 0. The van der Waals surface area contributed by atoms with E-state index in [0.717, 1.165) is 17.5 Å². The van der Waals surface area contributed by atoms with E-state index >= 15 is 0 Å². The zero-order chi connectivity index (χ0) is 15.8. The van der Waals surface area contributed by atoms with Gasteiger partial charge in [0.25, 0.3) is 0 Å². The lowest BCUT2D eigenvalue weighted by molar-refractivity contribution is 0.409. The molecule has 0 atom stereocenters. The lowest BCUT2D eigenvalue weighted by Crippen LogP contribution is -2.26. The van der Waals surface area contributed by atoms with Gasteiger partial charge < -0.3 is 4.74 Å². The molecule has 4 nitrogen and oxygen atoms in total. The molecule has 1 N–H and O–H groups in total. The summed E-state index contributed by atoms with van der Waals surface area (Å²) < 4.78 is 31.9. The van der Waals surface area contributed by atoms with Gasteiger partial charge in [0.05, 0.1) is 12.9 Å². The minimum Gasteiger partial charge on any atom is -0.496 e. The second-order valence-electron chi connectivity index (χ2n) is 5.04. The van der Waals surface area contributed by atoms with Crippen molar-refractivity contribution in [2.75, 3.05) is 12.9 Å². The Kier molecular flexibility index (Phi) is 5.98. The van der Waals surface area contributed by atoms with Crippen molar-refractivity contribution in [2.24, 2.45) is 0 Å². The van der Waals surface area contributed by atoms with Gasteiger partial charge in [0.15, 0.2) is 0 Å². The summed E-state index contributed by atoms with van der Waals surface area (Å²) in [4.78, 5) is 0. The molecule has 0 aromatic heterocycles. The first-order chi connectivity index (χ1) is 10.6. The quantitative estimate of drug-likeness (QED) is 0.814. The molecule has 0 aliphatic carbocycles. The van der Waals surface area contributed by atoms with Gasteiger partial charge in [0.2, 0.25) is 10.0 Å². The highest BCUT2D eigenvalue weighted by atomic mass is 32.2. The van der Waals surface area contributed by atoms with Gasteiger partial charge in [-0.2, -0.15) is 0 Å². The van der Waals surface area contributed by atoms with Gasteiger partial charge in [-0.05, 0) is 24.5 Å². The molecule has 2 aromatic carbocycles. The molecule has 5 heteroatoms. The molecule has 2 rings (SSSR count). The molecule has 0 amide bonds. The molecule has 118 valence electrons. The van der Waals surface area contributed by atoms with Crippen molar-refractivity contribution >= 4 is 10.0 Å². The Morgan fingerprint density at radius 3 is 2.41 bits per heavy atom. The average molecular weight is 319 g/mol. The van der Waals surface area contributed by atoms with Crippen LogP contribution in [0.4, 0.5) is 0 Å². The fraction of sp³-hybridized carbons (Fsp3) is 0.294. The van der Waals surface area contributed by atoms with Gasteiger partial charge in [-0.25, -0.2) is 13.1 Å². The number of benzene rings is 2. The van der Waals surface area contributed by atoms with E-state index in [1.807, 2.05) is 54.6 Å². The molecule has 0 bridgehead atoms. The van der Waals surface area contributed by atoms with Crippen molar-refractivity contribution < 1.29 is 13.2 Å². The van der Waals surface area contributed by atoms with Crippen molar-refractivity contribution in [3.8, 4) is 5.75 Å². The van der Waals surface area contributed by atoms with Gasteiger partial charge in [0, 0.05) is 12.1 Å². The van der Waals surface area contributed by atoms with Gasteiger partial charge in [-0.15, -0.1) is 0 Å². The topological polar surface area (TPSA) is 55.4 Å². The summed E-state index contributed by atoms with van der Waals surface area (Å²) in [6.07, 6.45) is 1.36. The summed E-state index contributed by atoms with van der Waals surface area (Å²) in [5.41, 5.74) is 1.99. The number of ether oxygens (including phenoxy) is 1. The Morgan fingerprint density at radius 2 is 1.68 bits per heavy atom. The van der Waals surface area contributed by atoms with Crippen LogP contribution >= 0.6 is 0 Å². The van der Waals surface area contributed by atoms with Crippen LogP contribution in [-0.4, -0.2) is 21.3 Å². The molecule has 0 heterocycles. The maximum absolute atomic E-state index is 12.0. The average Bonchev–Trinajstić information content (AvgIpc) is 2.54. The summed E-state index contributed by atoms with van der Waals surface area (Å²) in [6.45, 7) is 0.248. The van der Waals surface area contributed by atoms with E-state index in [0.29, 0.717) is 12.2 Å². The summed E-state index contributed by atoms with van der Waals surface area (Å²) in [6, 6.07) is 17.3. The van der Waals surface area contributed by atoms with E-state index in [-0.39, 0.29) is 12.3 Å². The Labute approximate surface area is 132 Å². The van der Waals surface area contributed by atoms with E-state index in [1.54, 1.807) is 7.11 Å². The van der Waals surface area contributed by atoms with Crippen molar-refractivity contribution in [1.82, 2.24) is 4.72 Å². The van der Waals surface area contributed by atoms with Gasteiger partial charge in [0.1, 0.15) is 5.75 Å². The molecule has 0 radical (unpaired) electrons. The minimum atomic E-state index is -3.28. The molecular formula is C17H21NO3S. The van der Waals surface area contributed by atoms with Crippen LogP contribution in [0.2, 0.25) is 0 Å². The Morgan fingerprint density at radius 1 is 1.00 bits per heavy atom. The van der Waals surface area contributed by atoms with Gasteiger partial charge >= 0.3 is 0 Å². The molecule has 0 aliphatic rings. The third-order valence-electron chi connectivity index (χ3n) is 3.40. The molecular weight excluding hydrogens is 298 g/mol. The zero-order valence-electron chi connectivity index (χ0n) is 12.7. The first-order valence-electron chi connectivity index (χ1n) is 7.24. The van der Waals surface area contributed by atoms with Crippen LogP contribution in [0.15, 0.2) is 54.6 Å². The maximum atomic E-state index is 12.0. The Hall–Kier alpha value is -1.85. The fourth-order valence-corrected chi connectivity index (χ4v) is 3.26. The molecule has 0 saturated carbocycles. The summed E-state index contributed by atoms with van der Waals surface area (Å²) in [5, 5.41) is 0. The summed E-state index contributed by atoms with van der Waals surface area (Å²) in [5.74, 6) is 0.811. The second kappa shape index (κ2) is 7.96. The SMILES string of the molecule is COc1ccccc1CNS(=O)(=O)CCCc1ccccc1. The standard InChI is InChI=1S/C17H21NO3S/c1-21-17-12-6-5-11-16(17)14-18-22(19,20)13-7-10-15-8-3-2-4-9-15/h2-6,8-9,11-12,18H,7,10,13-14H2,1H3. The number of rotatable bonds is 8.